The zero-order chi connectivity index (χ0) is 11.9. The standard InChI is InChI=1S/C8H12N.CH4O4S/c1-3-9-6-4-5-8(2)7-9;1-5-6(2,3)4/h4-7H,3H2,1-2H3;1H3,(H,2,3,4)/q+1;/p-1. The number of hydrogen-bond acceptors (Lipinski definition) is 4. The van der Waals surface area contributed by atoms with E-state index >= 15 is 0 Å². The van der Waals surface area contributed by atoms with Crippen molar-refractivity contribution >= 4 is 10.4 Å². The summed E-state index contributed by atoms with van der Waals surface area (Å²) in [6.07, 6.45) is 4.22. The zero-order valence-corrected chi connectivity index (χ0v) is 9.82. The average Bonchev–Trinajstić information content (AvgIpc) is 2.18. The van der Waals surface area contributed by atoms with Gasteiger partial charge in [-0.05, 0) is 19.9 Å². The van der Waals surface area contributed by atoms with Gasteiger partial charge in [0.15, 0.2) is 12.4 Å². The second-order valence-electron chi connectivity index (χ2n) is 2.79. The molecule has 0 N–H and O–H groups in total. The van der Waals surface area contributed by atoms with Crippen molar-refractivity contribution in [2.75, 3.05) is 7.11 Å². The molecular weight excluding hydrogens is 218 g/mol. The van der Waals surface area contributed by atoms with Crippen LogP contribution in [0.15, 0.2) is 24.5 Å². The van der Waals surface area contributed by atoms with E-state index in [1.807, 2.05) is 0 Å². The molecule has 6 heteroatoms. The number of aromatic nitrogens is 1. The Kier molecular flexibility index (Phi) is 6.07. The summed E-state index contributed by atoms with van der Waals surface area (Å²) >= 11 is 0. The van der Waals surface area contributed by atoms with Gasteiger partial charge in [-0.25, -0.2) is 13.0 Å². The van der Waals surface area contributed by atoms with Crippen molar-refractivity contribution < 1.29 is 21.7 Å². The minimum atomic E-state index is -4.41. The minimum absolute atomic E-state index is 0.808. The van der Waals surface area contributed by atoms with Crippen molar-refractivity contribution in [2.24, 2.45) is 0 Å². The van der Waals surface area contributed by atoms with E-state index in [2.05, 4.69) is 47.1 Å². The Morgan fingerprint density at radius 1 is 1.53 bits per heavy atom. The minimum Gasteiger partial charge on any atom is -0.726 e. The fourth-order valence-corrected chi connectivity index (χ4v) is 0.850. The predicted molar refractivity (Wildman–Crippen MR) is 53.8 cm³/mol. The third-order valence-electron chi connectivity index (χ3n) is 1.58. The van der Waals surface area contributed by atoms with Crippen molar-refractivity contribution in [3.8, 4) is 0 Å². The van der Waals surface area contributed by atoms with Gasteiger partial charge in [-0.3, -0.25) is 4.18 Å². The van der Waals surface area contributed by atoms with E-state index in [9.17, 15) is 13.0 Å². The van der Waals surface area contributed by atoms with Crippen LogP contribution in [0, 0.1) is 6.92 Å². The fourth-order valence-electron chi connectivity index (χ4n) is 0.850. The van der Waals surface area contributed by atoms with E-state index in [0.717, 1.165) is 13.7 Å². The first kappa shape index (κ1) is 14.0. The van der Waals surface area contributed by atoms with Gasteiger partial charge in [0.1, 0.15) is 6.54 Å². The summed E-state index contributed by atoms with van der Waals surface area (Å²) in [6.45, 7) is 5.30. The van der Waals surface area contributed by atoms with E-state index in [1.165, 1.54) is 5.56 Å². The maximum Gasteiger partial charge on any atom is 0.217 e. The molecule has 1 aromatic heterocycles. The van der Waals surface area contributed by atoms with E-state index in [1.54, 1.807) is 0 Å². The SMILES string of the molecule is CC[n+]1cccc(C)c1.COS(=O)(=O)[O-]. The molecule has 1 heterocycles. The first-order valence-corrected chi connectivity index (χ1v) is 5.69. The van der Waals surface area contributed by atoms with E-state index in [0.29, 0.717) is 0 Å². The molecule has 0 radical (unpaired) electrons. The van der Waals surface area contributed by atoms with Gasteiger partial charge in [0.05, 0.1) is 7.11 Å². The highest BCUT2D eigenvalue weighted by molar-refractivity contribution is 7.80. The van der Waals surface area contributed by atoms with Crippen LogP contribution in [-0.2, 0) is 21.1 Å². The molecule has 0 amide bonds. The molecule has 0 aliphatic rings. The Hall–Kier alpha value is -0.980. The second kappa shape index (κ2) is 6.49. The molecule has 86 valence electrons. The van der Waals surface area contributed by atoms with Crippen LogP contribution in [0.5, 0.6) is 0 Å². The van der Waals surface area contributed by atoms with Crippen molar-refractivity contribution in [1.82, 2.24) is 0 Å². The van der Waals surface area contributed by atoms with Crippen LogP contribution >= 0.6 is 0 Å². The first-order valence-electron chi connectivity index (χ1n) is 4.36. The highest BCUT2D eigenvalue weighted by Crippen LogP contribution is 1.88. The van der Waals surface area contributed by atoms with E-state index in [4.69, 9.17) is 0 Å². The van der Waals surface area contributed by atoms with Crippen LogP contribution in [0.1, 0.15) is 12.5 Å². The maximum absolute atomic E-state index is 9.22. The molecule has 0 atom stereocenters. The van der Waals surface area contributed by atoms with Crippen LogP contribution < -0.4 is 4.57 Å². The molecule has 15 heavy (non-hydrogen) atoms. The van der Waals surface area contributed by atoms with Gasteiger partial charge in [0, 0.05) is 11.6 Å². The molecule has 0 saturated carbocycles. The second-order valence-corrected chi connectivity index (χ2v) is 3.94. The normalized spacial score (nSPS) is 10.4. The summed E-state index contributed by atoms with van der Waals surface area (Å²) in [6, 6.07) is 4.17. The first-order chi connectivity index (χ1) is 6.89. The van der Waals surface area contributed by atoms with E-state index < -0.39 is 10.4 Å². The van der Waals surface area contributed by atoms with Crippen molar-refractivity contribution in [2.45, 2.75) is 20.4 Å². The molecule has 5 nitrogen and oxygen atoms in total. The Morgan fingerprint density at radius 3 is 2.33 bits per heavy atom. The fraction of sp³-hybridized carbons (Fsp3) is 0.444. The lowest BCUT2D eigenvalue weighted by Crippen LogP contribution is -2.30. The predicted octanol–water partition coefficient (Wildman–Crippen LogP) is 0.395. The van der Waals surface area contributed by atoms with Crippen LogP contribution in [-0.4, -0.2) is 20.1 Å². The van der Waals surface area contributed by atoms with Gasteiger partial charge in [-0.15, -0.1) is 0 Å². The van der Waals surface area contributed by atoms with Gasteiger partial charge in [0.2, 0.25) is 10.4 Å². The Morgan fingerprint density at radius 2 is 2.07 bits per heavy atom. The smallest absolute Gasteiger partial charge is 0.217 e. The third kappa shape index (κ3) is 8.04. The molecule has 0 aliphatic carbocycles. The topological polar surface area (TPSA) is 70.3 Å². The van der Waals surface area contributed by atoms with Crippen LogP contribution in [0.25, 0.3) is 0 Å². The summed E-state index contributed by atoms with van der Waals surface area (Å²) in [7, 11) is -3.60. The molecule has 0 aromatic carbocycles. The third-order valence-corrected chi connectivity index (χ3v) is 1.98. The van der Waals surface area contributed by atoms with Gasteiger partial charge in [-0.2, -0.15) is 0 Å². The summed E-state index contributed by atoms with van der Waals surface area (Å²) in [5.74, 6) is 0. The summed E-state index contributed by atoms with van der Waals surface area (Å²) in [4.78, 5) is 0. The molecule has 0 fully saturated rings. The highest BCUT2D eigenvalue weighted by Gasteiger charge is 1.92. The van der Waals surface area contributed by atoms with Crippen LogP contribution in [0.2, 0.25) is 0 Å². The number of hydrogen-bond donors (Lipinski definition) is 0. The van der Waals surface area contributed by atoms with E-state index in [-0.39, 0.29) is 0 Å². The van der Waals surface area contributed by atoms with Crippen molar-refractivity contribution in [3.05, 3.63) is 30.1 Å². The molecule has 0 saturated heterocycles. The van der Waals surface area contributed by atoms with Gasteiger partial charge in [-0.1, -0.05) is 0 Å². The monoisotopic (exact) mass is 233 g/mol. The number of pyridine rings is 1. The lowest BCUT2D eigenvalue weighted by Gasteiger charge is -1.98. The van der Waals surface area contributed by atoms with Crippen LogP contribution in [0.4, 0.5) is 0 Å². The van der Waals surface area contributed by atoms with Crippen molar-refractivity contribution in [1.29, 1.82) is 0 Å². The number of rotatable bonds is 2. The molecule has 0 unspecified atom stereocenters. The Balaban J connectivity index is 0.000000288. The van der Waals surface area contributed by atoms with Crippen molar-refractivity contribution in [3.63, 3.8) is 0 Å². The molecule has 1 aromatic rings. The Labute approximate surface area is 90.3 Å². The zero-order valence-electron chi connectivity index (χ0n) is 9.00. The molecule has 0 spiro atoms. The maximum atomic E-state index is 9.22. The Bertz CT molecular complexity index is 389. The number of nitrogens with zero attached hydrogens (tertiary/aromatic N) is 1. The van der Waals surface area contributed by atoms with Gasteiger partial charge in [0.25, 0.3) is 0 Å². The lowest BCUT2D eigenvalue weighted by atomic mass is 10.3. The van der Waals surface area contributed by atoms with Gasteiger partial charge >= 0.3 is 0 Å². The van der Waals surface area contributed by atoms with Gasteiger partial charge < -0.3 is 4.55 Å². The summed E-state index contributed by atoms with van der Waals surface area (Å²) < 4.78 is 33.2. The summed E-state index contributed by atoms with van der Waals surface area (Å²) in [5.41, 5.74) is 1.32. The highest BCUT2D eigenvalue weighted by atomic mass is 32.3. The van der Waals surface area contributed by atoms with Crippen LogP contribution in [0.3, 0.4) is 0 Å². The average molecular weight is 233 g/mol. The molecular formula is C9H15NO4S. The number of aryl methyl sites for hydroxylation is 2. The lowest BCUT2D eigenvalue weighted by molar-refractivity contribution is -0.693. The quantitative estimate of drug-likeness (QED) is 0.421. The molecule has 0 bridgehead atoms. The summed E-state index contributed by atoms with van der Waals surface area (Å²) in [5, 5.41) is 0. The largest absolute Gasteiger partial charge is 0.726 e. The molecule has 0 aliphatic heterocycles. The molecule has 1 rings (SSSR count).